The van der Waals surface area contributed by atoms with Crippen molar-refractivity contribution in [1.29, 1.82) is 0 Å². The van der Waals surface area contributed by atoms with Crippen molar-refractivity contribution >= 4 is 29.0 Å². The van der Waals surface area contributed by atoms with Crippen molar-refractivity contribution in [3.8, 4) is 0 Å². The van der Waals surface area contributed by atoms with Crippen LogP contribution in [0.5, 0.6) is 0 Å². The van der Waals surface area contributed by atoms with E-state index < -0.39 is 5.97 Å². The van der Waals surface area contributed by atoms with E-state index in [1.54, 1.807) is 18.2 Å². The molecule has 0 amide bonds. The first-order valence-corrected chi connectivity index (χ1v) is 8.97. The molecule has 0 aliphatic carbocycles. The summed E-state index contributed by atoms with van der Waals surface area (Å²) in [5, 5.41) is 3.16. The molecule has 1 aliphatic rings. The summed E-state index contributed by atoms with van der Waals surface area (Å²) in [5.74, 6) is 0.833. The van der Waals surface area contributed by atoms with Crippen LogP contribution < -0.4 is 16.0 Å². The lowest BCUT2D eigenvalue weighted by molar-refractivity contribution is 0.0602. The van der Waals surface area contributed by atoms with E-state index in [9.17, 15) is 4.79 Å². The van der Waals surface area contributed by atoms with Crippen LogP contribution in [0.2, 0.25) is 0 Å². The fraction of sp³-hybridized carbons (Fsp3) is 0.421. The molecule has 3 N–H and O–H groups in total. The zero-order chi connectivity index (χ0) is 18.5. The second-order valence-electron chi connectivity index (χ2n) is 6.37. The number of para-hydroxylation sites is 1. The van der Waals surface area contributed by atoms with Gasteiger partial charge in [0.15, 0.2) is 11.6 Å². The van der Waals surface area contributed by atoms with E-state index in [1.807, 2.05) is 6.07 Å². The first kappa shape index (κ1) is 18.0. The van der Waals surface area contributed by atoms with E-state index in [0.29, 0.717) is 28.8 Å². The number of hydrogen-bond acceptors (Lipinski definition) is 7. The van der Waals surface area contributed by atoms with Crippen LogP contribution in [0.4, 0.5) is 23.0 Å². The first-order valence-electron chi connectivity index (χ1n) is 8.97. The number of aromatic nitrogens is 2. The van der Waals surface area contributed by atoms with Gasteiger partial charge in [0.1, 0.15) is 12.0 Å². The van der Waals surface area contributed by atoms with E-state index in [4.69, 9.17) is 10.5 Å². The summed E-state index contributed by atoms with van der Waals surface area (Å²) in [4.78, 5) is 23.0. The summed E-state index contributed by atoms with van der Waals surface area (Å²) in [6.45, 7) is 3.13. The van der Waals surface area contributed by atoms with Crippen molar-refractivity contribution < 1.29 is 9.53 Å². The molecule has 2 aromatic rings. The SMILES string of the molecule is CCC1CCCCN1c1ncnc(Nc2ccccc2C(=O)OC)c1N. The third-order valence-corrected chi connectivity index (χ3v) is 4.82. The number of piperidine rings is 1. The lowest BCUT2D eigenvalue weighted by atomic mass is 10.00. The molecule has 3 rings (SSSR count). The Hall–Kier alpha value is -2.83. The van der Waals surface area contributed by atoms with Crippen LogP contribution in [-0.4, -0.2) is 35.6 Å². The van der Waals surface area contributed by atoms with Crippen LogP contribution in [0.3, 0.4) is 0 Å². The molecule has 0 radical (unpaired) electrons. The van der Waals surface area contributed by atoms with Gasteiger partial charge in [-0.2, -0.15) is 0 Å². The number of esters is 1. The highest BCUT2D eigenvalue weighted by Crippen LogP contribution is 2.33. The van der Waals surface area contributed by atoms with E-state index in [0.717, 1.165) is 31.6 Å². The number of carbonyl (C=O) groups excluding carboxylic acids is 1. The number of carbonyl (C=O) groups is 1. The van der Waals surface area contributed by atoms with Crippen molar-refractivity contribution in [3.63, 3.8) is 0 Å². The average molecular weight is 355 g/mol. The molecule has 1 fully saturated rings. The third-order valence-electron chi connectivity index (χ3n) is 4.82. The molecule has 7 nitrogen and oxygen atoms in total. The molecule has 1 aromatic heterocycles. The first-order chi connectivity index (χ1) is 12.7. The lowest BCUT2D eigenvalue weighted by Crippen LogP contribution is -2.40. The Balaban J connectivity index is 1.92. The van der Waals surface area contributed by atoms with Crippen LogP contribution in [0, 0.1) is 0 Å². The minimum atomic E-state index is -0.414. The predicted molar refractivity (Wildman–Crippen MR) is 103 cm³/mol. The molecule has 138 valence electrons. The number of benzene rings is 1. The molecule has 0 spiro atoms. The maximum atomic E-state index is 12.0. The van der Waals surface area contributed by atoms with Gasteiger partial charge in [-0.3, -0.25) is 0 Å². The zero-order valence-electron chi connectivity index (χ0n) is 15.2. The Morgan fingerprint density at radius 1 is 1.35 bits per heavy atom. The molecule has 0 saturated carbocycles. The van der Waals surface area contributed by atoms with E-state index >= 15 is 0 Å². The second kappa shape index (κ2) is 8.03. The highest BCUT2D eigenvalue weighted by Gasteiger charge is 2.25. The van der Waals surface area contributed by atoms with Crippen molar-refractivity contribution in [2.24, 2.45) is 0 Å². The Kier molecular flexibility index (Phi) is 5.55. The van der Waals surface area contributed by atoms with Gasteiger partial charge in [-0.1, -0.05) is 19.1 Å². The molecule has 1 atom stereocenters. The van der Waals surface area contributed by atoms with E-state index in [2.05, 4.69) is 27.1 Å². The summed E-state index contributed by atoms with van der Waals surface area (Å²) in [7, 11) is 1.36. The van der Waals surface area contributed by atoms with Crippen LogP contribution >= 0.6 is 0 Å². The number of rotatable bonds is 5. The van der Waals surface area contributed by atoms with Crippen molar-refractivity contribution in [2.45, 2.75) is 38.6 Å². The smallest absolute Gasteiger partial charge is 0.339 e. The molecular formula is C19H25N5O2. The normalized spacial score (nSPS) is 17.0. The summed E-state index contributed by atoms with van der Waals surface area (Å²) < 4.78 is 4.84. The van der Waals surface area contributed by atoms with Gasteiger partial charge in [0.25, 0.3) is 0 Å². The maximum absolute atomic E-state index is 12.0. The highest BCUT2D eigenvalue weighted by molar-refractivity contribution is 5.97. The molecular weight excluding hydrogens is 330 g/mol. The number of methoxy groups -OCH3 is 1. The van der Waals surface area contributed by atoms with Crippen LogP contribution in [0.15, 0.2) is 30.6 Å². The van der Waals surface area contributed by atoms with Crippen LogP contribution in [0.25, 0.3) is 0 Å². The van der Waals surface area contributed by atoms with Gasteiger partial charge in [0.2, 0.25) is 0 Å². The van der Waals surface area contributed by atoms with E-state index in [-0.39, 0.29) is 0 Å². The largest absolute Gasteiger partial charge is 0.465 e. The molecule has 1 saturated heterocycles. The number of nitrogen functional groups attached to an aromatic ring is 1. The van der Waals surface area contributed by atoms with Gasteiger partial charge in [0, 0.05) is 12.6 Å². The fourth-order valence-electron chi connectivity index (χ4n) is 3.43. The van der Waals surface area contributed by atoms with Gasteiger partial charge in [-0.05, 0) is 37.8 Å². The third kappa shape index (κ3) is 3.56. The van der Waals surface area contributed by atoms with E-state index in [1.165, 1.54) is 19.9 Å². The van der Waals surface area contributed by atoms with Gasteiger partial charge >= 0.3 is 5.97 Å². The highest BCUT2D eigenvalue weighted by atomic mass is 16.5. The van der Waals surface area contributed by atoms with Crippen LogP contribution in [0.1, 0.15) is 43.0 Å². The quantitative estimate of drug-likeness (QED) is 0.794. The molecule has 7 heteroatoms. The van der Waals surface area contributed by atoms with Crippen LogP contribution in [-0.2, 0) is 4.74 Å². The minimum absolute atomic E-state index is 0.414. The molecule has 1 aliphatic heterocycles. The number of nitrogens with zero attached hydrogens (tertiary/aromatic N) is 3. The number of hydrogen-bond donors (Lipinski definition) is 2. The van der Waals surface area contributed by atoms with Crippen molar-refractivity contribution in [2.75, 3.05) is 29.6 Å². The van der Waals surface area contributed by atoms with Gasteiger partial charge in [-0.25, -0.2) is 14.8 Å². The Morgan fingerprint density at radius 3 is 2.92 bits per heavy atom. The summed E-state index contributed by atoms with van der Waals surface area (Å²) in [6, 6.07) is 7.56. The fourth-order valence-corrected chi connectivity index (χ4v) is 3.43. The Morgan fingerprint density at radius 2 is 2.15 bits per heavy atom. The zero-order valence-corrected chi connectivity index (χ0v) is 15.2. The molecule has 1 aromatic carbocycles. The van der Waals surface area contributed by atoms with Gasteiger partial charge in [0.05, 0.1) is 18.4 Å². The maximum Gasteiger partial charge on any atom is 0.339 e. The number of ether oxygens (including phenoxy) is 1. The van der Waals surface area contributed by atoms with Crippen molar-refractivity contribution in [3.05, 3.63) is 36.2 Å². The predicted octanol–water partition coefficient (Wildman–Crippen LogP) is 3.36. The second-order valence-corrected chi connectivity index (χ2v) is 6.37. The average Bonchev–Trinajstić information content (AvgIpc) is 2.69. The standard InChI is InChI=1S/C19H25N5O2/c1-3-13-8-6-7-11-24(13)18-16(20)17(21-12-22-18)23-15-10-5-4-9-14(15)19(25)26-2/h4-5,9-10,12-13H,3,6-8,11,20H2,1-2H3,(H,21,22,23). The summed E-state index contributed by atoms with van der Waals surface area (Å²) >= 11 is 0. The Labute approximate surface area is 153 Å². The molecule has 26 heavy (non-hydrogen) atoms. The van der Waals surface area contributed by atoms with Gasteiger partial charge in [-0.15, -0.1) is 0 Å². The Bertz CT molecular complexity index is 780. The number of anilines is 4. The van der Waals surface area contributed by atoms with Crippen molar-refractivity contribution in [1.82, 2.24) is 9.97 Å². The number of nitrogens with two attached hydrogens (primary N) is 1. The van der Waals surface area contributed by atoms with Gasteiger partial charge < -0.3 is 20.7 Å². The summed E-state index contributed by atoms with van der Waals surface area (Å²) in [5.41, 5.74) is 7.91. The monoisotopic (exact) mass is 355 g/mol. The summed E-state index contributed by atoms with van der Waals surface area (Å²) in [6.07, 6.45) is 6.08. The molecule has 1 unspecified atom stereocenters. The number of nitrogens with one attached hydrogen (secondary N) is 1. The molecule has 2 heterocycles. The molecule has 0 bridgehead atoms. The minimum Gasteiger partial charge on any atom is -0.465 e. The lowest BCUT2D eigenvalue weighted by Gasteiger charge is -2.36. The topological polar surface area (TPSA) is 93.4 Å².